The number of aromatic hydroxyl groups is 1. The normalized spacial score (nSPS) is 12.6. The lowest BCUT2D eigenvalue weighted by atomic mass is 10.2. The molecule has 1 aliphatic heterocycles. The van der Waals surface area contributed by atoms with Gasteiger partial charge in [-0.15, -0.1) is 0 Å². The largest absolute Gasteiger partial charge is 0.504 e. The number of hydrogen-bond acceptors (Lipinski definition) is 10. The predicted molar refractivity (Wildman–Crippen MR) is 161 cm³/mol. The van der Waals surface area contributed by atoms with Crippen molar-refractivity contribution in [3.8, 4) is 40.5 Å². The van der Waals surface area contributed by atoms with Crippen molar-refractivity contribution in [2.75, 3.05) is 27.2 Å². The summed E-state index contributed by atoms with van der Waals surface area (Å²) in [7, 11) is 3.14. The molecule has 0 fully saturated rings. The summed E-state index contributed by atoms with van der Waals surface area (Å²) in [6.07, 6.45) is 2.71. The number of amidine groups is 2. The number of phenols is 1. The third kappa shape index (κ3) is 6.99. The molecule has 13 heteroatoms. The molecule has 0 saturated carbocycles. The molecule has 0 atom stereocenters. The fourth-order valence-electron chi connectivity index (χ4n) is 4.23. The van der Waals surface area contributed by atoms with Crippen molar-refractivity contribution in [2.45, 2.75) is 0 Å². The van der Waals surface area contributed by atoms with Crippen LogP contribution in [0.25, 0.3) is 6.08 Å². The van der Waals surface area contributed by atoms with Crippen LogP contribution in [0.4, 0.5) is 8.78 Å². The molecule has 3 aromatic carbocycles. The van der Waals surface area contributed by atoms with Gasteiger partial charge in [0, 0.05) is 30.8 Å². The highest BCUT2D eigenvalue weighted by atomic mass is 19.1. The number of aliphatic imine (C=N–C) groups is 1. The standard InChI is InChI=1S/C32H27F2N5O6/c1-39-15-14-37-30(39)20-4-3-5-22(16-20)44-31-26(33)28(43-21-10-6-18(7-11-21)8-13-25(41)42-2)27(34)32(38-31)45-24-17-19(29(35)36)9-12-23(24)40/h3-13,16-17,40H,14-15H2,1-2H3,(H3,35,36). The molecule has 4 aromatic rings. The molecular weight excluding hydrogens is 588 g/mol. The number of esters is 1. The number of nitrogen functional groups attached to an aromatic ring is 1. The summed E-state index contributed by atoms with van der Waals surface area (Å²) in [5.74, 6) is -5.62. The minimum atomic E-state index is -1.34. The van der Waals surface area contributed by atoms with Crippen LogP contribution in [-0.2, 0) is 9.53 Å². The molecule has 45 heavy (non-hydrogen) atoms. The van der Waals surface area contributed by atoms with Crippen LogP contribution in [0.15, 0.2) is 77.8 Å². The van der Waals surface area contributed by atoms with Gasteiger partial charge in [0.2, 0.25) is 17.4 Å². The summed E-state index contributed by atoms with van der Waals surface area (Å²) in [5, 5.41) is 18.0. The Labute approximate surface area is 256 Å². The summed E-state index contributed by atoms with van der Waals surface area (Å²) in [6, 6.07) is 16.5. The molecule has 230 valence electrons. The van der Waals surface area contributed by atoms with Crippen LogP contribution in [0, 0.1) is 17.0 Å². The van der Waals surface area contributed by atoms with Crippen LogP contribution in [-0.4, -0.2) is 59.9 Å². The first-order valence-corrected chi connectivity index (χ1v) is 13.4. The third-order valence-electron chi connectivity index (χ3n) is 6.53. The molecule has 5 rings (SSSR count). The van der Waals surface area contributed by atoms with Gasteiger partial charge in [-0.3, -0.25) is 10.4 Å². The zero-order chi connectivity index (χ0) is 32.1. The van der Waals surface area contributed by atoms with Crippen LogP contribution >= 0.6 is 0 Å². The molecule has 11 nitrogen and oxygen atoms in total. The van der Waals surface area contributed by atoms with Gasteiger partial charge < -0.3 is 34.7 Å². The lowest BCUT2D eigenvalue weighted by Gasteiger charge is -2.16. The van der Waals surface area contributed by atoms with Gasteiger partial charge in [-0.1, -0.05) is 24.3 Å². The lowest BCUT2D eigenvalue weighted by Crippen LogP contribution is -2.23. The number of halogens is 2. The van der Waals surface area contributed by atoms with Gasteiger partial charge in [0.15, 0.2) is 11.5 Å². The van der Waals surface area contributed by atoms with Crippen molar-refractivity contribution in [1.29, 1.82) is 5.41 Å². The summed E-state index contributed by atoms with van der Waals surface area (Å²) in [6.45, 7) is 1.38. The first kappa shape index (κ1) is 30.5. The Bertz CT molecular complexity index is 1830. The number of aromatic nitrogens is 1. The second kappa shape index (κ2) is 13.1. The molecule has 0 bridgehead atoms. The molecule has 0 radical (unpaired) electrons. The van der Waals surface area contributed by atoms with Crippen molar-refractivity contribution in [1.82, 2.24) is 9.88 Å². The maximum Gasteiger partial charge on any atom is 0.330 e. The number of rotatable bonds is 10. The van der Waals surface area contributed by atoms with E-state index in [1.54, 1.807) is 30.3 Å². The Morgan fingerprint density at radius 1 is 1.00 bits per heavy atom. The summed E-state index contributed by atoms with van der Waals surface area (Å²) in [4.78, 5) is 21.7. The first-order valence-electron chi connectivity index (χ1n) is 13.4. The second-order valence-corrected chi connectivity index (χ2v) is 9.66. The molecule has 0 aliphatic carbocycles. The average Bonchev–Trinajstić information content (AvgIpc) is 3.47. The maximum atomic E-state index is 15.9. The van der Waals surface area contributed by atoms with E-state index in [1.807, 2.05) is 18.0 Å². The average molecular weight is 616 g/mol. The Hall–Kier alpha value is -5.98. The van der Waals surface area contributed by atoms with E-state index in [0.29, 0.717) is 12.1 Å². The molecule has 4 N–H and O–H groups in total. The Kier molecular flexibility index (Phi) is 8.89. The minimum absolute atomic E-state index is 0.0387. The van der Waals surface area contributed by atoms with Crippen LogP contribution in [0.3, 0.4) is 0 Å². The number of methoxy groups -OCH3 is 1. The zero-order valence-electron chi connectivity index (χ0n) is 24.1. The molecule has 0 spiro atoms. The van der Waals surface area contributed by atoms with Gasteiger partial charge in [0.05, 0.1) is 13.7 Å². The number of ether oxygens (including phenoxy) is 4. The number of carbonyl (C=O) groups excluding carboxylic acids is 1. The topological polar surface area (TPSA) is 153 Å². The molecule has 0 amide bonds. The first-order chi connectivity index (χ1) is 21.6. The van der Waals surface area contributed by atoms with Crippen molar-refractivity contribution < 1.29 is 37.6 Å². The van der Waals surface area contributed by atoms with E-state index in [4.69, 9.17) is 25.4 Å². The fraction of sp³-hybridized carbons (Fsp3) is 0.125. The summed E-state index contributed by atoms with van der Waals surface area (Å²) < 4.78 is 53.2. The Morgan fingerprint density at radius 3 is 2.40 bits per heavy atom. The van der Waals surface area contributed by atoms with E-state index in [-0.39, 0.29) is 28.6 Å². The van der Waals surface area contributed by atoms with Crippen molar-refractivity contribution in [2.24, 2.45) is 10.7 Å². The molecular formula is C32H27F2N5O6. The number of hydrogen-bond donors (Lipinski definition) is 3. The molecule has 1 aliphatic rings. The number of phenolic OH excluding ortho intramolecular Hbond substituents is 1. The maximum absolute atomic E-state index is 15.9. The van der Waals surface area contributed by atoms with Crippen molar-refractivity contribution >= 4 is 23.7 Å². The van der Waals surface area contributed by atoms with Gasteiger partial charge >= 0.3 is 5.97 Å². The molecule has 2 heterocycles. The predicted octanol–water partition coefficient (Wildman–Crippen LogP) is 5.60. The van der Waals surface area contributed by atoms with E-state index in [9.17, 15) is 9.90 Å². The Morgan fingerprint density at radius 2 is 1.73 bits per heavy atom. The monoisotopic (exact) mass is 615 g/mol. The van der Waals surface area contributed by atoms with E-state index in [1.165, 1.54) is 49.6 Å². The van der Waals surface area contributed by atoms with E-state index in [0.717, 1.165) is 17.9 Å². The number of carbonyl (C=O) groups is 1. The summed E-state index contributed by atoms with van der Waals surface area (Å²) in [5.41, 5.74) is 7.03. The highest BCUT2D eigenvalue weighted by Crippen LogP contribution is 2.41. The van der Waals surface area contributed by atoms with E-state index < -0.39 is 40.9 Å². The second-order valence-electron chi connectivity index (χ2n) is 9.66. The quantitative estimate of drug-likeness (QED) is 0.0895. The van der Waals surface area contributed by atoms with E-state index in [2.05, 4.69) is 14.7 Å². The lowest BCUT2D eigenvalue weighted by molar-refractivity contribution is -0.134. The minimum Gasteiger partial charge on any atom is -0.504 e. The van der Waals surface area contributed by atoms with Gasteiger partial charge in [-0.2, -0.15) is 13.8 Å². The van der Waals surface area contributed by atoms with Gasteiger partial charge in [0.1, 0.15) is 23.2 Å². The smallest absolute Gasteiger partial charge is 0.330 e. The zero-order valence-corrected chi connectivity index (χ0v) is 24.1. The van der Waals surface area contributed by atoms with Gasteiger partial charge in [0.25, 0.3) is 11.8 Å². The highest BCUT2D eigenvalue weighted by Gasteiger charge is 2.27. The molecule has 0 saturated heterocycles. The van der Waals surface area contributed by atoms with Crippen LogP contribution < -0.4 is 19.9 Å². The number of likely N-dealkylation sites (N-methyl/N-ethyl adjacent to an activating group) is 1. The van der Waals surface area contributed by atoms with Crippen LogP contribution in [0.5, 0.6) is 40.5 Å². The number of benzene rings is 3. The van der Waals surface area contributed by atoms with Crippen molar-refractivity contribution in [3.05, 3.63) is 101 Å². The SMILES string of the molecule is COC(=O)C=Cc1ccc(Oc2c(F)c(Oc3cccc(C4=NCCN4C)c3)nc(Oc3cc(C(=N)N)ccc3O)c2F)cc1. The highest BCUT2D eigenvalue weighted by molar-refractivity contribution is 6.00. The number of nitrogens with one attached hydrogen (secondary N) is 1. The fourth-order valence-corrected chi connectivity index (χ4v) is 4.23. The van der Waals surface area contributed by atoms with E-state index >= 15 is 8.78 Å². The van der Waals surface area contributed by atoms with Crippen LogP contribution in [0.1, 0.15) is 16.7 Å². The number of nitrogens with two attached hydrogens (primary N) is 1. The van der Waals surface area contributed by atoms with Crippen molar-refractivity contribution in [3.63, 3.8) is 0 Å². The third-order valence-corrected chi connectivity index (χ3v) is 6.53. The number of pyridine rings is 1. The van der Waals surface area contributed by atoms with Gasteiger partial charge in [-0.25, -0.2) is 4.79 Å². The van der Waals surface area contributed by atoms with Crippen LogP contribution in [0.2, 0.25) is 0 Å². The number of nitrogens with zero attached hydrogens (tertiary/aromatic N) is 3. The Balaban J connectivity index is 1.53. The summed E-state index contributed by atoms with van der Waals surface area (Å²) >= 11 is 0. The van der Waals surface area contributed by atoms with Gasteiger partial charge in [-0.05, 0) is 54.1 Å². The molecule has 1 aromatic heterocycles. The molecule has 0 unspecified atom stereocenters.